The van der Waals surface area contributed by atoms with Crippen molar-refractivity contribution in [2.75, 3.05) is 25.6 Å². The lowest BCUT2D eigenvalue weighted by Crippen LogP contribution is -2.13. The van der Waals surface area contributed by atoms with Crippen LogP contribution >= 0.6 is 11.3 Å². The van der Waals surface area contributed by atoms with Crippen LogP contribution in [0.5, 0.6) is 0 Å². The molecule has 0 radical (unpaired) electrons. The normalized spacial score (nSPS) is 9.38. The highest BCUT2D eigenvalue weighted by atomic mass is 32.1. The van der Waals surface area contributed by atoms with E-state index in [2.05, 4.69) is 22.1 Å². The molecule has 0 aliphatic heterocycles. The number of aliphatic hydroxyl groups excluding tert-OH is 1. The summed E-state index contributed by atoms with van der Waals surface area (Å²) >= 11 is 1.27. The van der Waals surface area contributed by atoms with Crippen molar-refractivity contribution in [2.45, 2.75) is 6.42 Å². The molecule has 1 rings (SSSR count). The molecule has 1 heterocycles. The van der Waals surface area contributed by atoms with Gasteiger partial charge in [0.2, 0.25) is 5.91 Å². The monoisotopic (exact) mass is 240 g/mol. The van der Waals surface area contributed by atoms with Crippen molar-refractivity contribution < 1.29 is 14.6 Å². The number of anilines is 1. The molecule has 0 bridgehead atoms. The summed E-state index contributed by atoms with van der Waals surface area (Å²) in [5.41, 5.74) is 0. The summed E-state index contributed by atoms with van der Waals surface area (Å²) < 4.78 is 4.78. The van der Waals surface area contributed by atoms with Gasteiger partial charge in [-0.15, -0.1) is 0 Å². The molecule has 1 aromatic heterocycles. The summed E-state index contributed by atoms with van der Waals surface area (Å²) in [5.74, 6) is 5.08. The van der Waals surface area contributed by atoms with Gasteiger partial charge in [0.05, 0.1) is 24.1 Å². The lowest BCUT2D eigenvalue weighted by Gasteiger charge is -1.99. The Morgan fingerprint density at radius 1 is 1.75 bits per heavy atom. The molecule has 0 aromatic carbocycles. The zero-order chi connectivity index (χ0) is 11.8. The van der Waals surface area contributed by atoms with Crippen LogP contribution in [0, 0.1) is 11.8 Å². The Kier molecular flexibility index (Phi) is 5.50. The van der Waals surface area contributed by atoms with E-state index in [1.807, 2.05) is 0 Å². The molecule has 0 fully saturated rings. The number of thiazole rings is 1. The third-order valence-corrected chi connectivity index (χ3v) is 2.40. The number of aromatic nitrogens is 1. The number of carbonyl (C=O) groups is 1. The van der Waals surface area contributed by atoms with Crippen molar-refractivity contribution in [1.82, 2.24) is 4.98 Å². The number of carbonyl (C=O) groups excluding carboxylic acids is 1. The Morgan fingerprint density at radius 3 is 3.25 bits per heavy atom. The van der Waals surface area contributed by atoms with Gasteiger partial charge in [0.15, 0.2) is 5.13 Å². The maximum absolute atomic E-state index is 11.3. The van der Waals surface area contributed by atoms with Crippen molar-refractivity contribution >= 4 is 22.4 Å². The van der Waals surface area contributed by atoms with E-state index in [1.54, 1.807) is 13.3 Å². The Labute approximate surface area is 97.5 Å². The number of ether oxygens (including phenoxy) is 1. The highest BCUT2D eigenvalue weighted by molar-refractivity contribution is 7.16. The van der Waals surface area contributed by atoms with Crippen LogP contribution in [-0.4, -0.2) is 36.3 Å². The van der Waals surface area contributed by atoms with Crippen LogP contribution in [-0.2, 0) is 9.53 Å². The fraction of sp³-hybridized carbons (Fsp3) is 0.400. The summed E-state index contributed by atoms with van der Waals surface area (Å²) in [6.45, 7) is 0.196. The van der Waals surface area contributed by atoms with Crippen LogP contribution in [0.15, 0.2) is 6.20 Å². The number of nitrogens with one attached hydrogen (secondary N) is 1. The topological polar surface area (TPSA) is 71.5 Å². The standard InChI is InChI=1S/C10H12N2O3S/c1-15-6-4-9(14)12-10-11-7-8(16-10)3-2-5-13/h7,13H,4-6H2,1H3,(H,11,12,14). The number of nitrogens with zero attached hydrogens (tertiary/aromatic N) is 1. The molecule has 16 heavy (non-hydrogen) atoms. The molecule has 0 unspecified atom stereocenters. The van der Waals surface area contributed by atoms with E-state index in [1.165, 1.54) is 11.3 Å². The van der Waals surface area contributed by atoms with Gasteiger partial charge in [0.25, 0.3) is 0 Å². The molecule has 2 N–H and O–H groups in total. The molecular weight excluding hydrogens is 228 g/mol. The zero-order valence-corrected chi connectivity index (χ0v) is 9.63. The first-order valence-corrected chi connectivity index (χ1v) is 5.42. The lowest BCUT2D eigenvalue weighted by atomic mass is 10.4. The summed E-state index contributed by atoms with van der Waals surface area (Å²) in [4.78, 5) is 16.0. The largest absolute Gasteiger partial charge is 0.384 e. The van der Waals surface area contributed by atoms with E-state index in [4.69, 9.17) is 9.84 Å². The molecule has 0 spiro atoms. The van der Waals surface area contributed by atoms with E-state index >= 15 is 0 Å². The molecule has 1 aromatic rings. The first-order valence-electron chi connectivity index (χ1n) is 4.60. The fourth-order valence-corrected chi connectivity index (χ4v) is 1.60. The lowest BCUT2D eigenvalue weighted by molar-refractivity contribution is -0.117. The molecule has 0 atom stereocenters. The van der Waals surface area contributed by atoms with Crippen LogP contribution in [0.3, 0.4) is 0 Å². The maximum Gasteiger partial charge on any atom is 0.228 e. The molecule has 0 saturated heterocycles. The number of hydrogen-bond donors (Lipinski definition) is 2. The minimum Gasteiger partial charge on any atom is -0.384 e. The number of aliphatic hydroxyl groups is 1. The van der Waals surface area contributed by atoms with E-state index < -0.39 is 0 Å². The van der Waals surface area contributed by atoms with E-state index in [0.717, 1.165) is 0 Å². The molecule has 86 valence electrons. The van der Waals surface area contributed by atoms with Gasteiger partial charge in [-0.1, -0.05) is 23.2 Å². The van der Waals surface area contributed by atoms with Gasteiger partial charge >= 0.3 is 0 Å². The predicted molar refractivity (Wildman–Crippen MR) is 61.2 cm³/mol. The molecule has 0 saturated carbocycles. The van der Waals surface area contributed by atoms with Crippen molar-refractivity contribution in [3.8, 4) is 11.8 Å². The van der Waals surface area contributed by atoms with E-state index in [0.29, 0.717) is 23.0 Å². The molecule has 5 nitrogen and oxygen atoms in total. The van der Waals surface area contributed by atoms with Crippen LogP contribution in [0.1, 0.15) is 11.3 Å². The van der Waals surface area contributed by atoms with Crippen LogP contribution in [0.2, 0.25) is 0 Å². The van der Waals surface area contributed by atoms with Crippen molar-refractivity contribution in [3.05, 3.63) is 11.1 Å². The fourth-order valence-electron chi connectivity index (χ4n) is 0.893. The second-order valence-electron chi connectivity index (χ2n) is 2.78. The summed E-state index contributed by atoms with van der Waals surface area (Å²) in [7, 11) is 1.54. The quantitative estimate of drug-likeness (QED) is 0.750. The summed E-state index contributed by atoms with van der Waals surface area (Å²) in [6.07, 6.45) is 1.85. The van der Waals surface area contributed by atoms with Gasteiger partial charge in [-0.2, -0.15) is 0 Å². The molecule has 1 amide bonds. The summed E-state index contributed by atoms with van der Waals surface area (Å²) in [5, 5.41) is 11.6. The second kappa shape index (κ2) is 6.95. The highest BCUT2D eigenvalue weighted by Gasteiger charge is 2.05. The maximum atomic E-state index is 11.3. The van der Waals surface area contributed by atoms with Gasteiger partial charge in [-0.05, 0) is 0 Å². The predicted octanol–water partition coefficient (Wildman–Crippen LogP) is 0.462. The third kappa shape index (κ3) is 4.40. The first kappa shape index (κ1) is 12.6. The number of methoxy groups -OCH3 is 1. The van der Waals surface area contributed by atoms with Gasteiger partial charge < -0.3 is 15.2 Å². The van der Waals surface area contributed by atoms with Crippen molar-refractivity contribution in [3.63, 3.8) is 0 Å². The smallest absolute Gasteiger partial charge is 0.228 e. The molecule has 0 aliphatic rings. The van der Waals surface area contributed by atoms with E-state index in [-0.39, 0.29) is 12.5 Å². The Morgan fingerprint density at radius 2 is 2.56 bits per heavy atom. The van der Waals surface area contributed by atoms with Gasteiger partial charge in [0, 0.05) is 7.11 Å². The summed E-state index contributed by atoms with van der Waals surface area (Å²) in [6, 6.07) is 0. The number of hydrogen-bond acceptors (Lipinski definition) is 5. The van der Waals surface area contributed by atoms with Gasteiger partial charge in [-0.25, -0.2) is 4.98 Å². The molecule has 6 heteroatoms. The van der Waals surface area contributed by atoms with Crippen LogP contribution < -0.4 is 5.32 Å². The van der Waals surface area contributed by atoms with E-state index in [9.17, 15) is 4.79 Å². The molecular formula is C10H12N2O3S. The highest BCUT2D eigenvalue weighted by Crippen LogP contribution is 2.16. The SMILES string of the molecule is COCCC(=O)Nc1ncc(C#CCO)s1. The Bertz CT molecular complexity index is 406. The minimum atomic E-state index is -0.187. The molecule has 0 aliphatic carbocycles. The average molecular weight is 240 g/mol. The number of rotatable bonds is 4. The average Bonchev–Trinajstić information content (AvgIpc) is 2.71. The van der Waals surface area contributed by atoms with Crippen molar-refractivity contribution in [2.24, 2.45) is 0 Å². The van der Waals surface area contributed by atoms with Crippen LogP contribution in [0.4, 0.5) is 5.13 Å². The second-order valence-corrected chi connectivity index (χ2v) is 3.81. The van der Waals surface area contributed by atoms with Gasteiger partial charge in [0.1, 0.15) is 6.61 Å². The number of amides is 1. The van der Waals surface area contributed by atoms with Crippen molar-refractivity contribution in [1.29, 1.82) is 0 Å². The zero-order valence-electron chi connectivity index (χ0n) is 8.82. The van der Waals surface area contributed by atoms with Gasteiger partial charge in [-0.3, -0.25) is 4.79 Å². The minimum absolute atomic E-state index is 0.141. The Hall–Kier alpha value is -1.42. The van der Waals surface area contributed by atoms with Crippen LogP contribution in [0.25, 0.3) is 0 Å². The Balaban J connectivity index is 2.48. The first-order chi connectivity index (χ1) is 7.76. The third-order valence-electron chi connectivity index (χ3n) is 1.58.